The van der Waals surface area contributed by atoms with Crippen LogP contribution in [-0.2, 0) is 5.54 Å². The summed E-state index contributed by atoms with van der Waals surface area (Å²) in [5, 5.41) is 9.78. The van der Waals surface area contributed by atoms with Gasteiger partial charge in [0, 0.05) is 11.1 Å². The van der Waals surface area contributed by atoms with E-state index < -0.39 is 5.54 Å². The molecule has 72 valence electrons. The van der Waals surface area contributed by atoms with Crippen molar-refractivity contribution in [3.63, 3.8) is 0 Å². The summed E-state index contributed by atoms with van der Waals surface area (Å²) in [6.45, 7) is 7.67. The lowest BCUT2D eigenvalue weighted by Crippen LogP contribution is -2.28. The van der Waals surface area contributed by atoms with Gasteiger partial charge in [-0.2, -0.15) is 0 Å². The van der Waals surface area contributed by atoms with Crippen molar-refractivity contribution in [2.45, 2.75) is 33.2 Å². The normalized spacial score (nSPS) is 11.8. The highest BCUT2D eigenvalue weighted by Crippen LogP contribution is 2.30. The third kappa shape index (κ3) is 2.01. The topological polar surface area (TPSA) is 46.2 Å². The van der Waals surface area contributed by atoms with Gasteiger partial charge in [0.1, 0.15) is 5.75 Å². The number of hydrogen-bond donors (Lipinski definition) is 2. The molecule has 0 saturated heterocycles. The second-order valence-electron chi connectivity index (χ2n) is 4.20. The van der Waals surface area contributed by atoms with E-state index in [4.69, 9.17) is 5.73 Å². The van der Waals surface area contributed by atoms with E-state index in [-0.39, 0.29) is 0 Å². The minimum atomic E-state index is -0.485. The molecule has 0 unspecified atom stereocenters. The maximum Gasteiger partial charge on any atom is 0.123 e. The quantitative estimate of drug-likeness (QED) is 0.694. The molecule has 1 aromatic carbocycles. The second-order valence-corrected chi connectivity index (χ2v) is 4.20. The molecule has 3 N–H and O–H groups in total. The zero-order valence-corrected chi connectivity index (χ0v) is 8.68. The van der Waals surface area contributed by atoms with Crippen LogP contribution in [0.5, 0.6) is 5.75 Å². The molecule has 1 rings (SSSR count). The molecular weight excluding hydrogens is 162 g/mol. The summed E-state index contributed by atoms with van der Waals surface area (Å²) in [5.74, 6) is 0.318. The number of nitrogens with two attached hydrogens (primary N) is 1. The third-order valence-electron chi connectivity index (χ3n) is 2.14. The van der Waals surface area contributed by atoms with E-state index in [9.17, 15) is 5.11 Å². The first-order valence-electron chi connectivity index (χ1n) is 4.42. The van der Waals surface area contributed by atoms with E-state index in [2.05, 4.69) is 0 Å². The zero-order chi connectivity index (χ0) is 10.2. The molecule has 0 fully saturated rings. The lowest BCUT2D eigenvalue weighted by atomic mass is 9.91. The van der Waals surface area contributed by atoms with Crippen LogP contribution in [0.15, 0.2) is 12.1 Å². The second kappa shape index (κ2) is 3.04. The molecule has 2 heteroatoms. The van der Waals surface area contributed by atoms with Crippen LogP contribution in [0.3, 0.4) is 0 Å². The fourth-order valence-electron chi connectivity index (χ4n) is 1.45. The summed E-state index contributed by atoms with van der Waals surface area (Å²) in [5.41, 5.74) is 8.27. The molecule has 0 heterocycles. The van der Waals surface area contributed by atoms with Gasteiger partial charge in [0.05, 0.1) is 0 Å². The van der Waals surface area contributed by atoms with Gasteiger partial charge in [0.2, 0.25) is 0 Å². The molecular formula is C11H17NO. The summed E-state index contributed by atoms with van der Waals surface area (Å²) < 4.78 is 0. The zero-order valence-electron chi connectivity index (χ0n) is 8.68. The first-order chi connectivity index (χ1) is 5.82. The van der Waals surface area contributed by atoms with Gasteiger partial charge >= 0.3 is 0 Å². The van der Waals surface area contributed by atoms with Crippen LogP contribution in [0.4, 0.5) is 0 Å². The summed E-state index contributed by atoms with van der Waals surface area (Å²) in [6, 6.07) is 3.88. The average Bonchev–Trinajstić information content (AvgIpc) is 1.94. The maximum absolute atomic E-state index is 9.78. The Hall–Kier alpha value is -1.02. The van der Waals surface area contributed by atoms with Crippen molar-refractivity contribution in [1.29, 1.82) is 0 Å². The van der Waals surface area contributed by atoms with Gasteiger partial charge in [-0.15, -0.1) is 0 Å². The Morgan fingerprint density at radius 1 is 1.23 bits per heavy atom. The van der Waals surface area contributed by atoms with E-state index >= 15 is 0 Å². The minimum Gasteiger partial charge on any atom is -0.507 e. The van der Waals surface area contributed by atoms with Crippen LogP contribution < -0.4 is 5.73 Å². The van der Waals surface area contributed by atoms with Gasteiger partial charge in [-0.1, -0.05) is 17.7 Å². The summed E-state index contributed by atoms with van der Waals surface area (Å²) in [6.07, 6.45) is 0. The van der Waals surface area contributed by atoms with Gasteiger partial charge in [0.25, 0.3) is 0 Å². The highest BCUT2D eigenvalue weighted by molar-refractivity contribution is 5.45. The van der Waals surface area contributed by atoms with E-state index in [1.165, 1.54) is 0 Å². The fourth-order valence-corrected chi connectivity index (χ4v) is 1.45. The summed E-state index contributed by atoms with van der Waals surface area (Å²) >= 11 is 0. The van der Waals surface area contributed by atoms with Crippen molar-refractivity contribution in [2.24, 2.45) is 5.73 Å². The van der Waals surface area contributed by atoms with Gasteiger partial charge in [-0.05, 0) is 33.3 Å². The van der Waals surface area contributed by atoms with Crippen LogP contribution in [0.2, 0.25) is 0 Å². The highest BCUT2D eigenvalue weighted by atomic mass is 16.3. The molecule has 0 atom stereocenters. The lowest BCUT2D eigenvalue weighted by molar-refractivity contribution is 0.436. The lowest BCUT2D eigenvalue weighted by Gasteiger charge is -2.22. The molecule has 0 bridgehead atoms. The molecule has 0 saturated carbocycles. The molecule has 0 aliphatic rings. The van der Waals surface area contributed by atoms with Crippen molar-refractivity contribution >= 4 is 0 Å². The minimum absolute atomic E-state index is 0.318. The van der Waals surface area contributed by atoms with Crippen molar-refractivity contribution in [3.8, 4) is 5.75 Å². The van der Waals surface area contributed by atoms with Crippen LogP contribution in [0.25, 0.3) is 0 Å². The predicted molar refractivity (Wildman–Crippen MR) is 54.8 cm³/mol. The number of rotatable bonds is 1. The average molecular weight is 179 g/mol. The Bertz CT molecular complexity index is 324. The monoisotopic (exact) mass is 179 g/mol. The fraction of sp³-hybridized carbons (Fsp3) is 0.455. The van der Waals surface area contributed by atoms with Crippen molar-refractivity contribution in [1.82, 2.24) is 0 Å². The van der Waals surface area contributed by atoms with E-state index in [0.29, 0.717) is 5.75 Å². The molecule has 0 radical (unpaired) electrons. The summed E-state index contributed by atoms with van der Waals surface area (Å²) in [7, 11) is 0. The largest absolute Gasteiger partial charge is 0.507 e. The maximum atomic E-state index is 9.78. The molecule has 13 heavy (non-hydrogen) atoms. The van der Waals surface area contributed by atoms with Gasteiger partial charge in [-0.25, -0.2) is 0 Å². The Kier molecular flexibility index (Phi) is 2.35. The Morgan fingerprint density at radius 2 is 1.77 bits per heavy atom. The van der Waals surface area contributed by atoms with E-state index in [1.807, 2.05) is 39.8 Å². The molecule has 0 aliphatic carbocycles. The SMILES string of the molecule is Cc1cc(C)c(O)c(C(C)(C)N)c1. The standard InChI is InChI=1S/C11H17NO/c1-7-5-8(2)10(13)9(6-7)11(3,4)12/h5-6,13H,12H2,1-4H3. The van der Waals surface area contributed by atoms with Gasteiger partial charge in [0.15, 0.2) is 0 Å². The van der Waals surface area contributed by atoms with E-state index in [0.717, 1.165) is 16.7 Å². The Balaban J connectivity index is 3.37. The predicted octanol–water partition coefficient (Wildman–Crippen LogP) is 2.20. The first-order valence-corrected chi connectivity index (χ1v) is 4.42. The first kappa shape index (κ1) is 10.1. The Morgan fingerprint density at radius 3 is 2.23 bits per heavy atom. The number of aromatic hydroxyl groups is 1. The van der Waals surface area contributed by atoms with Crippen molar-refractivity contribution in [3.05, 3.63) is 28.8 Å². The molecule has 0 spiro atoms. The smallest absolute Gasteiger partial charge is 0.123 e. The van der Waals surface area contributed by atoms with Crippen LogP contribution in [0.1, 0.15) is 30.5 Å². The van der Waals surface area contributed by atoms with E-state index in [1.54, 1.807) is 0 Å². The Labute approximate surface area is 79.4 Å². The number of phenols is 1. The number of phenolic OH excluding ortho intramolecular Hbond substituents is 1. The molecule has 0 aromatic heterocycles. The van der Waals surface area contributed by atoms with Gasteiger partial charge < -0.3 is 10.8 Å². The third-order valence-corrected chi connectivity index (χ3v) is 2.14. The van der Waals surface area contributed by atoms with Crippen LogP contribution in [0, 0.1) is 13.8 Å². The highest BCUT2D eigenvalue weighted by Gasteiger charge is 2.19. The summed E-state index contributed by atoms with van der Waals surface area (Å²) in [4.78, 5) is 0. The number of hydrogen-bond acceptors (Lipinski definition) is 2. The molecule has 0 aliphatic heterocycles. The van der Waals surface area contributed by atoms with Gasteiger partial charge in [-0.3, -0.25) is 0 Å². The van der Waals surface area contributed by atoms with Crippen molar-refractivity contribution < 1.29 is 5.11 Å². The molecule has 0 amide bonds. The van der Waals surface area contributed by atoms with Crippen molar-refractivity contribution in [2.75, 3.05) is 0 Å². The van der Waals surface area contributed by atoms with Crippen LogP contribution in [-0.4, -0.2) is 5.11 Å². The molecule has 2 nitrogen and oxygen atoms in total. The number of aryl methyl sites for hydroxylation is 2. The molecule has 1 aromatic rings. The van der Waals surface area contributed by atoms with Crippen LogP contribution >= 0.6 is 0 Å². The number of benzene rings is 1.